The number of hydrogen-bond acceptors (Lipinski definition) is 4. The smallest absolute Gasteiger partial charge is 0.404 e. The lowest BCUT2D eigenvalue weighted by Gasteiger charge is -2.08. The molecule has 0 unspecified atom stereocenters. The van der Waals surface area contributed by atoms with Gasteiger partial charge in [-0.25, -0.2) is 4.79 Å². The number of amides is 2. The second-order valence-electron chi connectivity index (χ2n) is 4.23. The van der Waals surface area contributed by atoms with Gasteiger partial charge in [-0.05, 0) is 24.6 Å². The van der Waals surface area contributed by atoms with Crippen LogP contribution in [0.15, 0.2) is 18.2 Å². The summed E-state index contributed by atoms with van der Waals surface area (Å²) in [5.74, 6) is 5.40. The SMILES string of the molecule is Cc1ccc(C#CCCO)cc1C(=O)NCCOC(N)=O. The molecule has 0 heterocycles. The van der Waals surface area contributed by atoms with Crippen molar-refractivity contribution in [3.05, 3.63) is 34.9 Å². The molecule has 2 amide bonds. The number of benzene rings is 1. The molecule has 0 saturated carbocycles. The molecular weight excluding hydrogens is 272 g/mol. The van der Waals surface area contributed by atoms with Crippen molar-refractivity contribution < 1.29 is 19.4 Å². The second-order valence-corrected chi connectivity index (χ2v) is 4.23. The van der Waals surface area contributed by atoms with Gasteiger partial charge in [0.25, 0.3) is 5.91 Å². The molecule has 4 N–H and O–H groups in total. The minimum absolute atomic E-state index is 0.00602. The third-order valence-electron chi connectivity index (χ3n) is 2.58. The number of nitrogens with one attached hydrogen (secondary N) is 1. The van der Waals surface area contributed by atoms with Crippen LogP contribution in [0.4, 0.5) is 4.79 Å². The highest BCUT2D eigenvalue weighted by Crippen LogP contribution is 2.10. The van der Waals surface area contributed by atoms with Gasteiger partial charge in [0.15, 0.2) is 0 Å². The van der Waals surface area contributed by atoms with Gasteiger partial charge in [-0.15, -0.1) is 0 Å². The molecule has 0 atom stereocenters. The van der Waals surface area contributed by atoms with Gasteiger partial charge in [-0.1, -0.05) is 17.9 Å². The first-order valence-electron chi connectivity index (χ1n) is 6.45. The summed E-state index contributed by atoms with van der Waals surface area (Å²) in [7, 11) is 0. The number of aliphatic hydroxyl groups is 1. The highest BCUT2D eigenvalue weighted by Gasteiger charge is 2.09. The molecule has 6 heteroatoms. The Balaban J connectivity index is 2.68. The Morgan fingerprint density at radius 2 is 2.19 bits per heavy atom. The predicted molar refractivity (Wildman–Crippen MR) is 77.6 cm³/mol. The quantitative estimate of drug-likeness (QED) is 0.544. The molecule has 1 aromatic carbocycles. The van der Waals surface area contributed by atoms with Crippen LogP contribution in [-0.2, 0) is 4.74 Å². The maximum absolute atomic E-state index is 12.0. The van der Waals surface area contributed by atoms with Gasteiger partial charge in [0.2, 0.25) is 0 Å². The van der Waals surface area contributed by atoms with Crippen LogP contribution in [-0.4, -0.2) is 36.9 Å². The highest BCUT2D eigenvalue weighted by atomic mass is 16.5. The Morgan fingerprint density at radius 1 is 1.43 bits per heavy atom. The van der Waals surface area contributed by atoms with Crippen LogP contribution in [0.25, 0.3) is 0 Å². The number of hydrogen-bond donors (Lipinski definition) is 3. The number of ether oxygens (including phenoxy) is 1. The number of nitrogens with two attached hydrogens (primary N) is 1. The molecule has 0 aliphatic heterocycles. The Labute approximate surface area is 123 Å². The van der Waals surface area contributed by atoms with Crippen molar-refractivity contribution in [3.63, 3.8) is 0 Å². The third kappa shape index (κ3) is 5.97. The maximum atomic E-state index is 12.0. The fraction of sp³-hybridized carbons (Fsp3) is 0.333. The van der Waals surface area contributed by atoms with Crippen LogP contribution >= 0.6 is 0 Å². The third-order valence-corrected chi connectivity index (χ3v) is 2.58. The van der Waals surface area contributed by atoms with Gasteiger partial charge in [0.1, 0.15) is 6.61 Å². The van der Waals surface area contributed by atoms with Crippen LogP contribution < -0.4 is 11.1 Å². The molecule has 21 heavy (non-hydrogen) atoms. The lowest BCUT2D eigenvalue weighted by Crippen LogP contribution is -2.29. The van der Waals surface area contributed by atoms with Crippen LogP contribution in [0.5, 0.6) is 0 Å². The molecule has 0 aromatic heterocycles. The molecule has 0 radical (unpaired) electrons. The number of carbonyl (C=O) groups excluding carboxylic acids is 2. The van der Waals surface area contributed by atoms with E-state index in [0.717, 1.165) is 5.56 Å². The first kappa shape index (κ1) is 16.5. The van der Waals surface area contributed by atoms with Crippen molar-refractivity contribution in [2.45, 2.75) is 13.3 Å². The first-order valence-corrected chi connectivity index (χ1v) is 6.45. The molecule has 6 nitrogen and oxygen atoms in total. The fourth-order valence-electron chi connectivity index (χ4n) is 1.58. The van der Waals surface area contributed by atoms with Crippen molar-refractivity contribution in [1.82, 2.24) is 5.32 Å². The minimum atomic E-state index is -0.874. The summed E-state index contributed by atoms with van der Waals surface area (Å²) in [6.07, 6.45) is -0.485. The normalized spacial score (nSPS) is 9.43. The van der Waals surface area contributed by atoms with Crippen molar-refractivity contribution in [1.29, 1.82) is 0 Å². The van der Waals surface area contributed by atoms with Gasteiger partial charge in [-0.3, -0.25) is 4.79 Å². The van der Waals surface area contributed by atoms with Crippen molar-refractivity contribution in [2.24, 2.45) is 5.73 Å². The van der Waals surface area contributed by atoms with Gasteiger partial charge < -0.3 is 20.9 Å². The lowest BCUT2D eigenvalue weighted by atomic mass is 10.0. The first-order chi connectivity index (χ1) is 10.0. The molecule has 0 bridgehead atoms. The molecular formula is C15H18N2O4. The monoisotopic (exact) mass is 290 g/mol. The van der Waals surface area contributed by atoms with E-state index in [9.17, 15) is 9.59 Å². The van der Waals surface area contributed by atoms with Crippen molar-refractivity contribution in [2.75, 3.05) is 19.8 Å². The standard InChI is InChI=1S/C15H18N2O4/c1-11-5-6-12(4-2-3-8-18)10-13(11)14(19)17-7-9-21-15(16)20/h5-6,10,18H,3,7-9H2,1H3,(H2,16,20)(H,17,19). The lowest BCUT2D eigenvalue weighted by molar-refractivity contribution is 0.0936. The molecule has 1 rings (SSSR count). The summed E-state index contributed by atoms with van der Waals surface area (Å²) in [4.78, 5) is 22.4. The second kappa shape index (κ2) is 8.61. The van der Waals surface area contributed by atoms with Gasteiger partial charge in [0.05, 0.1) is 13.2 Å². The highest BCUT2D eigenvalue weighted by molar-refractivity contribution is 5.96. The molecule has 0 aliphatic rings. The number of aliphatic hydroxyl groups excluding tert-OH is 1. The van der Waals surface area contributed by atoms with Gasteiger partial charge >= 0.3 is 6.09 Å². The summed E-state index contributed by atoms with van der Waals surface area (Å²) in [5, 5.41) is 11.3. The summed E-state index contributed by atoms with van der Waals surface area (Å²) in [6, 6.07) is 5.30. The fourth-order valence-corrected chi connectivity index (χ4v) is 1.58. The van der Waals surface area contributed by atoms with E-state index in [2.05, 4.69) is 21.9 Å². The largest absolute Gasteiger partial charge is 0.448 e. The Hall–Kier alpha value is -2.52. The van der Waals surface area contributed by atoms with E-state index in [1.807, 2.05) is 13.0 Å². The summed E-state index contributed by atoms with van der Waals surface area (Å²) < 4.78 is 4.53. The van der Waals surface area contributed by atoms with Crippen LogP contribution in [0.3, 0.4) is 0 Å². The van der Waals surface area contributed by atoms with E-state index in [4.69, 9.17) is 10.8 Å². The molecule has 1 aromatic rings. The Kier molecular flexibility index (Phi) is 6.78. The number of aryl methyl sites for hydroxylation is 1. The maximum Gasteiger partial charge on any atom is 0.404 e. The molecule has 0 aliphatic carbocycles. The van der Waals surface area contributed by atoms with Gasteiger partial charge in [0, 0.05) is 17.5 Å². The number of primary amides is 1. The predicted octanol–water partition coefficient (Wildman–Crippen LogP) is 0.554. The van der Waals surface area contributed by atoms with E-state index in [-0.39, 0.29) is 25.7 Å². The summed E-state index contributed by atoms with van der Waals surface area (Å²) in [5.41, 5.74) is 6.84. The topological polar surface area (TPSA) is 102 Å². The van der Waals surface area contributed by atoms with Crippen molar-refractivity contribution in [3.8, 4) is 11.8 Å². The summed E-state index contributed by atoms with van der Waals surface area (Å²) in [6.45, 7) is 2.03. The van der Waals surface area contributed by atoms with E-state index in [1.165, 1.54) is 0 Å². The number of carbonyl (C=O) groups is 2. The zero-order valence-electron chi connectivity index (χ0n) is 11.8. The molecule has 0 fully saturated rings. The average Bonchev–Trinajstić information content (AvgIpc) is 2.45. The molecule has 0 saturated heterocycles. The number of rotatable bonds is 5. The Bertz CT molecular complexity index is 573. The van der Waals surface area contributed by atoms with Gasteiger partial charge in [-0.2, -0.15) is 0 Å². The van der Waals surface area contributed by atoms with E-state index in [0.29, 0.717) is 17.5 Å². The Morgan fingerprint density at radius 3 is 2.86 bits per heavy atom. The molecule has 112 valence electrons. The molecule has 0 spiro atoms. The van der Waals surface area contributed by atoms with E-state index >= 15 is 0 Å². The summed E-state index contributed by atoms with van der Waals surface area (Å²) >= 11 is 0. The van der Waals surface area contributed by atoms with Crippen LogP contribution in [0.2, 0.25) is 0 Å². The van der Waals surface area contributed by atoms with E-state index in [1.54, 1.807) is 12.1 Å². The van der Waals surface area contributed by atoms with E-state index < -0.39 is 6.09 Å². The zero-order valence-corrected chi connectivity index (χ0v) is 11.8. The zero-order chi connectivity index (χ0) is 15.7. The van der Waals surface area contributed by atoms with Crippen molar-refractivity contribution >= 4 is 12.0 Å². The van der Waals surface area contributed by atoms with Crippen LogP contribution in [0.1, 0.15) is 27.9 Å². The van der Waals surface area contributed by atoms with Crippen LogP contribution in [0, 0.1) is 18.8 Å². The minimum Gasteiger partial charge on any atom is -0.448 e. The average molecular weight is 290 g/mol.